The number of nitrogens with one attached hydrogen (secondary N) is 2. The number of carbonyl (C=O) groups is 1. The molecule has 1 atom stereocenters. The quantitative estimate of drug-likeness (QED) is 0.198. The average molecular weight is 505 g/mol. The minimum atomic E-state index is -3.58. The molecule has 0 aliphatic rings. The average Bonchev–Trinajstić information content (AvgIpc) is 2.79. The maximum absolute atomic E-state index is 14.2. The minimum Gasteiger partial charge on any atom is -0.506 e. The number of sulfonamides is 1. The van der Waals surface area contributed by atoms with Crippen molar-refractivity contribution in [2.24, 2.45) is 0 Å². The lowest BCUT2D eigenvalue weighted by Gasteiger charge is -2.15. The minimum absolute atomic E-state index is 0.0199. The van der Waals surface area contributed by atoms with Gasteiger partial charge < -0.3 is 25.4 Å². The molecule has 0 aliphatic heterocycles. The molecule has 0 unspecified atom stereocenters. The van der Waals surface area contributed by atoms with E-state index in [9.17, 15) is 27.8 Å². The second-order valence-electron chi connectivity index (χ2n) is 7.74. The molecule has 9 nitrogen and oxygen atoms in total. The topological polar surface area (TPSA) is 145 Å². The van der Waals surface area contributed by atoms with Gasteiger partial charge in [-0.25, -0.2) is 17.6 Å². The Bertz CT molecular complexity index is 1300. The van der Waals surface area contributed by atoms with Crippen molar-refractivity contribution >= 4 is 21.7 Å². The van der Waals surface area contributed by atoms with Crippen LogP contribution in [0.3, 0.4) is 0 Å². The van der Waals surface area contributed by atoms with Crippen LogP contribution in [-0.4, -0.2) is 55.7 Å². The number of rotatable bonds is 11. The molecule has 3 rings (SSSR count). The third-order valence-corrected chi connectivity index (χ3v) is 5.56. The molecular formula is C24H25FN2O7S. The normalized spacial score (nSPS) is 12.2. The summed E-state index contributed by atoms with van der Waals surface area (Å²) in [6, 6.07) is 14.5. The van der Waals surface area contributed by atoms with E-state index in [-0.39, 0.29) is 35.7 Å². The summed E-state index contributed by atoms with van der Waals surface area (Å²) < 4.78 is 44.8. The van der Waals surface area contributed by atoms with Gasteiger partial charge in [0.15, 0.2) is 0 Å². The Morgan fingerprint density at radius 1 is 1.09 bits per heavy atom. The molecule has 35 heavy (non-hydrogen) atoms. The van der Waals surface area contributed by atoms with Crippen molar-refractivity contribution in [3.63, 3.8) is 0 Å². The summed E-state index contributed by atoms with van der Waals surface area (Å²) in [5.74, 6) is -1.53. The van der Waals surface area contributed by atoms with Crippen LogP contribution in [0.1, 0.15) is 22.0 Å². The van der Waals surface area contributed by atoms with E-state index in [1.807, 2.05) is 0 Å². The van der Waals surface area contributed by atoms with E-state index in [2.05, 4.69) is 10.0 Å². The molecule has 0 amide bonds. The highest BCUT2D eigenvalue weighted by molar-refractivity contribution is 7.92. The van der Waals surface area contributed by atoms with E-state index >= 15 is 0 Å². The van der Waals surface area contributed by atoms with Crippen LogP contribution in [0, 0.1) is 5.82 Å². The predicted octanol–water partition coefficient (Wildman–Crippen LogP) is 2.97. The van der Waals surface area contributed by atoms with Crippen molar-refractivity contribution in [2.75, 3.05) is 30.7 Å². The molecule has 0 aliphatic carbocycles. The molecule has 0 bridgehead atoms. The van der Waals surface area contributed by atoms with Crippen LogP contribution in [0.5, 0.6) is 11.5 Å². The summed E-state index contributed by atoms with van der Waals surface area (Å²) in [7, 11) is -3.58. The van der Waals surface area contributed by atoms with Crippen molar-refractivity contribution < 1.29 is 37.7 Å². The number of carboxylic acid groups (broad SMARTS) is 1. The van der Waals surface area contributed by atoms with E-state index in [4.69, 9.17) is 9.84 Å². The van der Waals surface area contributed by atoms with Crippen molar-refractivity contribution in [3.8, 4) is 22.6 Å². The van der Waals surface area contributed by atoms with Gasteiger partial charge >= 0.3 is 5.97 Å². The highest BCUT2D eigenvalue weighted by atomic mass is 32.2. The molecule has 3 aromatic rings. The predicted molar refractivity (Wildman–Crippen MR) is 129 cm³/mol. The number of phenolic OH excluding ortho intramolecular Hbond substituents is 1. The van der Waals surface area contributed by atoms with E-state index in [0.717, 1.165) is 12.3 Å². The SMILES string of the molecule is CS(=O)(=O)Nc1cc([C@@H](O)CNCCOc2ccc(-c3ccc(C(=O)O)cc3F)cc2)ccc1O. The highest BCUT2D eigenvalue weighted by Crippen LogP contribution is 2.28. The monoisotopic (exact) mass is 504 g/mol. The third-order valence-electron chi connectivity index (χ3n) is 4.97. The number of anilines is 1. The number of ether oxygens (including phenoxy) is 1. The zero-order chi connectivity index (χ0) is 25.6. The Balaban J connectivity index is 1.48. The van der Waals surface area contributed by atoms with Gasteiger partial charge in [-0.05, 0) is 47.5 Å². The molecule has 0 spiro atoms. The van der Waals surface area contributed by atoms with Gasteiger partial charge in [-0.1, -0.05) is 24.3 Å². The van der Waals surface area contributed by atoms with Gasteiger partial charge in [-0.15, -0.1) is 0 Å². The van der Waals surface area contributed by atoms with E-state index in [1.165, 1.54) is 30.3 Å². The first-order valence-corrected chi connectivity index (χ1v) is 12.4. The van der Waals surface area contributed by atoms with E-state index in [0.29, 0.717) is 23.4 Å². The number of phenols is 1. The van der Waals surface area contributed by atoms with Crippen LogP contribution in [0.4, 0.5) is 10.1 Å². The second-order valence-corrected chi connectivity index (χ2v) is 9.49. The molecular weight excluding hydrogens is 479 g/mol. The van der Waals surface area contributed by atoms with Crippen LogP contribution in [-0.2, 0) is 10.0 Å². The van der Waals surface area contributed by atoms with Gasteiger partial charge in [0.25, 0.3) is 0 Å². The van der Waals surface area contributed by atoms with E-state index < -0.39 is 27.9 Å². The van der Waals surface area contributed by atoms with Gasteiger partial charge in [0.05, 0.1) is 23.6 Å². The molecule has 0 aromatic heterocycles. The van der Waals surface area contributed by atoms with Crippen LogP contribution in [0.25, 0.3) is 11.1 Å². The zero-order valence-corrected chi connectivity index (χ0v) is 19.5. The number of hydrogen-bond donors (Lipinski definition) is 5. The number of aliphatic hydroxyl groups is 1. The Kier molecular flexibility index (Phi) is 8.28. The van der Waals surface area contributed by atoms with Crippen molar-refractivity contribution in [3.05, 3.63) is 77.6 Å². The molecule has 11 heteroatoms. The molecule has 0 fully saturated rings. The van der Waals surface area contributed by atoms with Gasteiger partial charge in [-0.2, -0.15) is 0 Å². The first kappa shape index (κ1) is 25.9. The molecule has 5 N–H and O–H groups in total. The number of hydrogen-bond acceptors (Lipinski definition) is 7. The lowest BCUT2D eigenvalue weighted by molar-refractivity contribution is 0.0696. The Morgan fingerprint density at radius 2 is 1.80 bits per heavy atom. The third kappa shape index (κ3) is 7.41. The zero-order valence-electron chi connectivity index (χ0n) is 18.7. The first-order chi connectivity index (χ1) is 16.5. The van der Waals surface area contributed by atoms with E-state index in [1.54, 1.807) is 24.3 Å². The summed E-state index contributed by atoms with van der Waals surface area (Å²) in [6.07, 6.45) is 0.0129. The lowest BCUT2D eigenvalue weighted by Crippen LogP contribution is -2.26. The van der Waals surface area contributed by atoms with Crippen LogP contribution >= 0.6 is 0 Å². The van der Waals surface area contributed by atoms with Gasteiger partial charge in [-0.3, -0.25) is 4.72 Å². The smallest absolute Gasteiger partial charge is 0.335 e. The van der Waals surface area contributed by atoms with Crippen molar-refractivity contribution in [2.45, 2.75) is 6.10 Å². The number of aromatic hydroxyl groups is 1. The Morgan fingerprint density at radius 3 is 2.43 bits per heavy atom. The number of aliphatic hydroxyl groups excluding tert-OH is 1. The van der Waals surface area contributed by atoms with Gasteiger partial charge in [0.2, 0.25) is 10.0 Å². The molecule has 186 valence electrons. The number of carboxylic acids is 1. The van der Waals surface area contributed by atoms with Crippen LogP contribution in [0.2, 0.25) is 0 Å². The first-order valence-electron chi connectivity index (χ1n) is 10.5. The fourth-order valence-electron chi connectivity index (χ4n) is 3.25. The summed E-state index contributed by atoms with van der Waals surface area (Å²) in [6.45, 7) is 0.845. The molecule has 3 aromatic carbocycles. The Labute approximate surface area is 201 Å². The highest BCUT2D eigenvalue weighted by Gasteiger charge is 2.13. The van der Waals surface area contributed by atoms with Gasteiger partial charge in [0, 0.05) is 18.7 Å². The summed E-state index contributed by atoms with van der Waals surface area (Å²) >= 11 is 0. The molecule has 0 saturated carbocycles. The van der Waals surface area contributed by atoms with Crippen LogP contribution in [0.15, 0.2) is 60.7 Å². The van der Waals surface area contributed by atoms with Gasteiger partial charge in [0.1, 0.15) is 23.9 Å². The molecule has 0 radical (unpaired) electrons. The van der Waals surface area contributed by atoms with Crippen molar-refractivity contribution in [1.82, 2.24) is 5.32 Å². The molecule has 0 heterocycles. The standard InChI is InChI=1S/C24H25FN2O7S/c1-35(32,33)27-21-13-16(5-9-22(21)28)23(29)14-26-10-11-34-18-6-2-15(3-7-18)19-8-4-17(24(30)31)12-20(19)25/h2-9,12-13,23,26-29H,10-11,14H2,1H3,(H,30,31)/t23-/m0/s1. The fraction of sp³-hybridized carbons (Fsp3) is 0.208. The number of halogens is 1. The molecule has 0 saturated heterocycles. The maximum Gasteiger partial charge on any atom is 0.335 e. The largest absolute Gasteiger partial charge is 0.506 e. The lowest BCUT2D eigenvalue weighted by atomic mass is 10.0. The fourth-order valence-corrected chi connectivity index (χ4v) is 3.82. The second kappa shape index (κ2) is 11.2. The maximum atomic E-state index is 14.2. The number of aromatic carboxylic acids is 1. The van der Waals surface area contributed by atoms with Crippen LogP contribution < -0.4 is 14.8 Å². The number of benzene rings is 3. The van der Waals surface area contributed by atoms with Crippen molar-refractivity contribution in [1.29, 1.82) is 0 Å². The summed E-state index contributed by atoms with van der Waals surface area (Å²) in [5, 5.41) is 32.1. The Hall–Kier alpha value is -3.67. The summed E-state index contributed by atoms with van der Waals surface area (Å²) in [5.41, 5.74) is 1.13. The summed E-state index contributed by atoms with van der Waals surface area (Å²) in [4.78, 5) is 10.9.